The highest BCUT2D eigenvalue weighted by Crippen LogP contribution is 1.97. The van der Waals surface area contributed by atoms with E-state index in [2.05, 4.69) is 10.3 Å². The van der Waals surface area contributed by atoms with Crippen LogP contribution < -0.4 is 5.32 Å². The van der Waals surface area contributed by atoms with Gasteiger partial charge in [0.15, 0.2) is 0 Å². The molecule has 1 atom stereocenters. The summed E-state index contributed by atoms with van der Waals surface area (Å²) in [6.07, 6.45) is 2.33. The number of nitrogens with one attached hydrogen (secondary N) is 1. The molecule has 0 aliphatic rings. The average molecular weight is 251 g/mol. The van der Waals surface area contributed by atoms with Crippen molar-refractivity contribution in [3.8, 4) is 0 Å². The van der Waals surface area contributed by atoms with Gasteiger partial charge in [0.25, 0.3) is 0 Å². The van der Waals surface area contributed by atoms with Crippen LogP contribution in [0.25, 0.3) is 0 Å². The molecule has 98 valence electrons. The highest BCUT2D eigenvalue weighted by atomic mass is 16.4. The van der Waals surface area contributed by atoms with Crippen LogP contribution in [-0.2, 0) is 11.2 Å². The fourth-order valence-corrected chi connectivity index (χ4v) is 1.29. The van der Waals surface area contributed by atoms with Crippen LogP contribution in [0.4, 0.5) is 4.79 Å². The van der Waals surface area contributed by atoms with Gasteiger partial charge >= 0.3 is 12.0 Å². The molecule has 1 aromatic heterocycles. The second kappa shape index (κ2) is 6.58. The Labute approximate surface area is 106 Å². The number of carbonyl (C=O) groups excluding carboxylic acids is 1. The van der Waals surface area contributed by atoms with E-state index >= 15 is 0 Å². The van der Waals surface area contributed by atoms with Gasteiger partial charge in [-0.2, -0.15) is 0 Å². The van der Waals surface area contributed by atoms with Crippen LogP contribution in [-0.4, -0.2) is 46.6 Å². The molecule has 0 fully saturated rings. The summed E-state index contributed by atoms with van der Waals surface area (Å²) in [6, 6.07) is 4.30. The van der Waals surface area contributed by atoms with Crippen molar-refractivity contribution in [1.82, 2.24) is 15.2 Å². The molecule has 0 aliphatic carbocycles. The van der Waals surface area contributed by atoms with E-state index in [1.54, 1.807) is 13.2 Å². The lowest BCUT2D eigenvalue weighted by atomic mass is 10.2. The van der Waals surface area contributed by atoms with Crippen LogP contribution >= 0.6 is 0 Å². The van der Waals surface area contributed by atoms with Crippen molar-refractivity contribution in [3.63, 3.8) is 0 Å². The lowest BCUT2D eigenvalue weighted by molar-refractivity contribution is -0.138. The monoisotopic (exact) mass is 251 g/mol. The van der Waals surface area contributed by atoms with Gasteiger partial charge < -0.3 is 15.3 Å². The molecule has 1 rings (SSSR count). The molecule has 0 aliphatic heterocycles. The molecule has 6 nitrogen and oxygen atoms in total. The molecule has 18 heavy (non-hydrogen) atoms. The van der Waals surface area contributed by atoms with E-state index in [0.717, 1.165) is 5.69 Å². The van der Waals surface area contributed by atoms with E-state index in [9.17, 15) is 9.59 Å². The number of hydrogen-bond donors (Lipinski definition) is 2. The second-order valence-corrected chi connectivity index (χ2v) is 4.00. The van der Waals surface area contributed by atoms with Crippen molar-refractivity contribution >= 4 is 12.0 Å². The number of hydrogen-bond acceptors (Lipinski definition) is 3. The van der Waals surface area contributed by atoms with E-state index in [4.69, 9.17) is 5.11 Å². The van der Waals surface area contributed by atoms with Gasteiger partial charge in [-0.25, -0.2) is 4.79 Å². The first-order valence-electron chi connectivity index (χ1n) is 5.65. The normalized spacial score (nSPS) is 11.7. The first-order chi connectivity index (χ1) is 8.50. The van der Waals surface area contributed by atoms with Crippen molar-refractivity contribution in [2.24, 2.45) is 0 Å². The van der Waals surface area contributed by atoms with Crippen molar-refractivity contribution in [3.05, 3.63) is 30.1 Å². The Hall–Kier alpha value is -2.11. The summed E-state index contributed by atoms with van der Waals surface area (Å²) in [6.45, 7) is 1.90. The molecule has 1 unspecified atom stereocenters. The zero-order valence-corrected chi connectivity index (χ0v) is 10.5. The smallest absolute Gasteiger partial charge is 0.325 e. The van der Waals surface area contributed by atoms with Crippen molar-refractivity contribution < 1.29 is 14.7 Å². The molecule has 2 amide bonds. The minimum Gasteiger partial charge on any atom is -0.480 e. The SMILES string of the molecule is CC(NC(=O)N(C)CCc1ccccn1)C(=O)O. The van der Waals surface area contributed by atoms with Gasteiger partial charge in [-0.05, 0) is 19.1 Å². The maximum absolute atomic E-state index is 11.6. The maximum Gasteiger partial charge on any atom is 0.325 e. The van der Waals surface area contributed by atoms with Gasteiger partial charge in [-0.1, -0.05) is 6.07 Å². The number of rotatable bonds is 5. The van der Waals surface area contributed by atoms with Crippen LogP contribution in [0, 0.1) is 0 Å². The lowest BCUT2D eigenvalue weighted by Gasteiger charge is -2.19. The molecule has 1 heterocycles. The van der Waals surface area contributed by atoms with Crippen LogP contribution in [0.15, 0.2) is 24.4 Å². The number of amides is 2. The van der Waals surface area contributed by atoms with E-state index in [-0.39, 0.29) is 0 Å². The number of likely N-dealkylation sites (N-methyl/N-ethyl adjacent to an activating group) is 1. The van der Waals surface area contributed by atoms with Crippen molar-refractivity contribution in [2.45, 2.75) is 19.4 Å². The Bertz CT molecular complexity index is 408. The molecule has 6 heteroatoms. The third-order valence-electron chi connectivity index (χ3n) is 2.49. The summed E-state index contributed by atoms with van der Waals surface area (Å²) >= 11 is 0. The third-order valence-corrected chi connectivity index (χ3v) is 2.49. The van der Waals surface area contributed by atoms with Crippen molar-refractivity contribution in [1.29, 1.82) is 0 Å². The summed E-state index contributed by atoms with van der Waals surface area (Å²) in [4.78, 5) is 27.8. The van der Waals surface area contributed by atoms with E-state index < -0.39 is 18.0 Å². The number of carbonyl (C=O) groups is 2. The standard InChI is InChI=1S/C12H17N3O3/c1-9(11(16)17)14-12(18)15(2)8-6-10-5-3-4-7-13-10/h3-5,7,9H,6,8H2,1-2H3,(H,14,18)(H,16,17). The van der Waals surface area contributed by atoms with Gasteiger partial charge in [0.05, 0.1) is 0 Å². The Balaban J connectivity index is 2.39. The zero-order valence-electron chi connectivity index (χ0n) is 10.5. The number of aromatic nitrogens is 1. The Morgan fingerprint density at radius 2 is 2.22 bits per heavy atom. The molecule has 0 spiro atoms. The zero-order chi connectivity index (χ0) is 13.5. The fraction of sp³-hybridized carbons (Fsp3) is 0.417. The van der Waals surface area contributed by atoms with Gasteiger partial charge in [-0.3, -0.25) is 9.78 Å². The number of pyridine rings is 1. The minimum absolute atomic E-state index is 0.402. The number of urea groups is 1. The van der Waals surface area contributed by atoms with Crippen LogP contribution in [0.1, 0.15) is 12.6 Å². The topological polar surface area (TPSA) is 82.5 Å². The number of aliphatic carboxylic acids is 1. The van der Waals surface area contributed by atoms with Crippen molar-refractivity contribution in [2.75, 3.05) is 13.6 Å². The van der Waals surface area contributed by atoms with E-state index in [0.29, 0.717) is 13.0 Å². The van der Waals surface area contributed by atoms with Gasteiger partial charge in [0.2, 0.25) is 0 Å². The predicted molar refractivity (Wildman–Crippen MR) is 66.2 cm³/mol. The number of carboxylic acids is 1. The predicted octanol–water partition coefficient (Wildman–Crippen LogP) is 0.739. The number of carboxylic acid groups (broad SMARTS) is 1. The minimum atomic E-state index is -1.05. The van der Waals surface area contributed by atoms with Gasteiger partial charge in [0.1, 0.15) is 6.04 Å². The molecule has 2 N–H and O–H groups in total. The fourth-order valence-electron chi connectivity index (χ4n) is 1.29. The van der Waals surface area contributed by atoms with E-state index in [1.807, 2.05) is 18.2 Å². The molecule has 0 saturated carbocycles. The Morgan fingerprint density at radius 3 is 2.78 bits per heavy atom. The number of nitrogens with zero attached hydrogens (tertiary/aromatic N) is 2. The van der Waals surface area contributed by atoms with Gasteiger partial charge in [-0.15, -0.1) is 0 Å². The second-order valence-electron chi connectivity index (χ2n) is 4.00. The molecule has 0 saturated heterocycles. The summed E-state index contributed by atoms with van der Waals surface area (Å²) in [5, 5.41) is 11.1. The lowest BCUT2D eigenvalue weighted by Crippen LogP contribution is -2.45. The van der Waals surface area contributed by atoms with Crippen LogP contribution in [0.3, 0.4) is 0 Å². The molecule has 0 aromatic carbocycles. The maximum atomic E-state index is 11.6. The summed E-state index contributed by atoms with van der Waals surface area (Å²) in [5.74, 6) is -1.05. The van der Waals surface area contributed by atoms with Crippen LogP contribution in [0.5, 0.6) is 0 Å². The summed E-state index contributed by atoms with van der Waals surface area (Å²) in [7, 11) is 1.62. The highest BCUT2D eigenvalue weighted by Gasteiger charge is 2.16. The molecule has 1 aromatic rings. The first kappa shape index (κ1) is 14.0. The van der Waals surface area contributed by atoms with E-state index in [1.165, 1.54) is 11.8 Å². The molecule has 0 bridgehead atoms. The largest absolute Gasteiger partial charge is 0.480 e. The highest BCUT2D eigenvalue weighted by molar-refractivity contribution is 5.82. The summed E-state index contributed by atoms with van der Waals surface area (Å²) in [5.41, 5.74) is 0.892. The van der Waals surface area contributed by atoms with Crippen LogP contribution in [0.2, 0.25) is 0 Å². The average Bonchev–Trinajstić information content (AvgIpc) is 2.36. The quantitative estimate of drug-likeness (QED) is 0.808. The molecular formula is C12H17N3O3. The molecular weight excluding hydrogens is 234 g/mol. The third kappa shape index (κ3) is 4.40. The molecule has 0 radical (unpaired) electrons. The Kier molecular flexibility index (Phi) is 5.10. The van der Waals surface area contributed by atoms with Gasteiger partial charge in [0, 0.05) is 31.9 Å². The Morgan fingerprint density at radius 1 is 1.50 bits per heavy atom. The first-order valence-corrected chi connectivity index (χ1v) is 5.65. The summed E-state index contributed by atoms with van der Waals surface area (Å²) < 4.78 is 0.